The Bertz CT molecular complexity index is 846. The quantitative estimate of drug-likeness (QED) is 0.654. The van der Waals surface area contributed by atoms with E-state index in [9.17, 15) is 9.90 Å². The molecule has 2 fully saturated rings. The lowest BCUT2D eigenvalue weighted by Gasteiger charge is -2.45. The lowest BCUT2D eigenvalue weighted by molar-refractivity contribution is -0.910. The van der Waals surface area contributed by atoms with Crippen molar-refractivity contribution in [2.24, 2.45) is 5.92 Å². The maximum atomic E-state index is 13.9. The minimum atomic E-state index is -1.41. The van der Waals surface area contributed by atoms with Crippen LogP contribution in [0.15, 0.2) is 47.2 Å². The molecule has 1 aromatic heterocycles. The smallest absolute Gasteiger partial charge is 0.259 e. The number of piperidine rings is 1. The zero-order valence-electron chi connectivity index (χ0n) is 18.9. The van der Waals surface area contributed by atoms with Gasteiger partial charge in [-0.1, -0.05) is 43.2 Å². The molecule has 2 atom stereocenters. The van der Waals surface area contributed by atoms with Crippen LogP contribution in [0.5, 0.6) is 0 Å². The van der Waals surface area contributed by atoms with Gasteiger partial charge in [0.1, 0.15) is 6.04 Å². The van der Waals surface area contributed by atoms with Gasteiger partial charge < -0.3 is 14.5 Å². The summed E-state index contributed by atoms with van der Waals surface area (Å²) in [6.07, 6.45) is 8.34. The summed E-state index contributed by atoms with van der Waals surface area (Å²) < 4.78 is 0.854. The lowest BCUT2D eigenvalue weighted by Crippen LogP contribution is -2.61. The summed E-state index contributed by atoms with van der Waals surface area (Å²) in [5.41, 5.74) is 0.733. The van der Waals surface area contributed by atoms with Crippen molar-refractivity contribution in [1.29, 1.82) is 0 Å². The third-order valence-corrected chi connectivity index (χ3v) is 8.21. The van der Waals surface area contributed by atoms with Crippen molar-refractivity contribution in [1.82, 2.24) is 4.90 Å². The van der Waals surface area contributed by atoms with Gasteiger partial charge >= 0.3 is 0 Å². The molecular formula is C26H36N2O2S+. The molecule has 1 aliphatic heterocycles. The molecule has 4 nitrogen and oxygen atoms in total. The number of hydrogen-bond donors (Lipinski definition) is 1. The van der Waals surface area contributed by atoms with Crippen molar-refractivity contribution in [2.45, 2.75) is 50.2 Å². The van der Waals surface area contributed by atoms with Gasteiger partial charge in [-0.2, -0.15) is 11.3 Å². The van der Waals surface area contributed by atoms with Crippen LogP contribution in [0.1, 0.15) is 43.2 Å². The molecule has 1 N–H and O–H groups in total. The van der Waals surface area contributed by atoms with Crippen molar-refractivity contribution in [3.8, 4) is 0 Å². The minimum Gasteiger partial charge on any atom is -0.375 e. The van der Waals surface area contributed by atoms with E-state index in [0.29, 0.717) is 13.1 Å². The number of carbonyl (C=O) groups is 1. The Balaban J connectivity index is 1.51. The van der Waals surface area contributed by atoms with E-state index in [-0.39, 0.29) is 17.9 Å². The molecule has 1 saturated carbocycles. The summed E-state index contributed by atoms with van der Waals surface area (Å²) in [5, 5.41) is 16.3. The van der Waals surface area contributed by atoms with Crippen LogP contribution in [-0.4, -0.2) is 60.2 Å². The first-order valence-corrected chi connectivity index (χ1v) is 12.6. The second kappa shape index (κ2) is 9.43. The third-order valence-electron chi connectivity index (χ3n) is 7.47. The van der Waals surface area contributed by atoms with Crippen molar-refractivity contribution in [3.63, 3.8) is 0 Å². The number of quaternary nitrogens is 1. The molecule has 0 spiro atoms. The fourth-order valence-electron chi connectivity index (χ4n) is 5.33. The molecule has 0 bridgehead atoms. The van der Waals surface area contributed by atoms with Gasteiger partial charge in [0.05, 0.1) is 27.2 Å². The Labute approximate surface area is 191 Å². The average molecular weight is 441 g/mol. The average Bonchev–Trinajstić information content (AvgIpc) is 3.52. The number of hydrogen-bond acceptors (Lipinski definition) is 3. The number of nitrogens with zero attached hydrogens (tertiary/aromatic N) is 2. The SMILES string of the molecule is C[N+](C)(CCc1ccsc1)C1[CH]CCN(C(=O)C(O)(c2ccccc2)C2CCCC2)C1. The number of likely N-dealkylation sites (N-methyl/N-ethyl adjacent to an activating group) is 1. The van der Waals surface area contributed by atoms with Crippen LogP contribution in [-0.2, 0) is 16.8 Å². The molecule has 2 unspecified atom stereocenters. The van der Waals surface area contributed by atoms with E-state index in [1.807, 2.05) is 35.2 Å². The number of amides is 1. The summed E-state index contributed by atoms with van der Waals surface area (Å²) >= 11 is 1.75. The Kier molecular flexibility index (Phi) is 6.85. The van der Waals surface area contributed by atoms with Crippen molar-refractivity contribution >= 4 is 17.2 Å². The van der Waals surface area contributed by atoms with Crippen LogP contribution >= 0.6 is 11.3 Å². The Hall–Kier alpha value is -1.69. The monoisotopic (exact) mass is 440 g/mol. The molecule has 1 aliphatic carbocycles. The van der Waals surface area contributed by atoms with Gasteiger partial charge in [-0.05, 0) is 47.2 Å². The van der Waals surface area contributed by atoms with Crippen molar-refractivity contribution < 1.29 is 14.4 Å². The van der Waals surface area contributed by atoms with Gasteiger partial charge in [0.2, 0.25) is 0 Å². The standard InChI is InChI=1S/C26H36N2O2S/c1-28(2,17-14-21-15-18-31-20-21)24-13-8-16-27(19-24)25(29)26(30,23-11-6-7-12-23)22-9-4-3-5-10-22/h3-5,9-10,13,15,18,20,23-24,30H,6-8,11-12,14,16-17,19H2,1-2H3/q+1. The second-order valence-electron chi connectivity index (χ2n) is 9.84. The fourth-order valence-corrected chi connectivity index (χ4v) is 6.04. The Morgan fingerprint density at radius 2 is 1.94 bits per heavy atom. The number of rotatable bonds is 7. The molecule has 4 rings (SSSR count). The molecule has 2 aromatic rings. The number of thiophene rings is 1. The molecule has 5 heteroatoms. The molecule has 1 radical (unpaired) electrons. The van der Waals surface area contributed by atoms with Gasteiger partial charge in [0.15, 0.2) is 5.60 Å². The largest absolute Gasteiger partial charge is 0.375 e. The van der Waals surface area contributed by atoms with Gasteiger partial charge in [-0.25, -0.2) is 0 Å². The van der Waals surface area contributed by atoms with E-state index >= 15 is 0 Å². The van der Waals surface area contributed by atoms with Crippen LogP contribution in [0.25, 0.3) is 0 Å². The van der Waals surface area contributed by atoms with E-state index in [4.69, 9.17) is 0 Å². The van der Waals surface area contributed by atoms with E-state index in [1.54, 1.807) is 11.3 Å². The zero-order valence-corrected chi connectivity index (χ0v) is 19.7. The molecule has 2 aliphatic rings. The Morgan fingerprint density at radius 1 is 1.19 bits per heavy atom. The van der Waals surface area contributed by atoms with Gasteiger partial charge in [0, 0.05) is 25.3 Å². The van der Waals surface area contributed by atoms with Crippen molar-refractivity contribution in [2.75, 3.05) is 33.7 Å². The third kappa shape index (κ3) is 4.74. The lowest BCUT2D eigenvalue weighted by atomic mass is 9.78. The highest BCUT2D eigenvalue weighted by molar-refractivity contribution is 7.07. The van der Waals surface area contributed by atoms with Gasteiger partial charge in [-0.3, -0.25) is 4.79 Å². The number of likely N-dealkylation sites (tertiary alicyclic amines) is 1. The molecule has 31 heavy (non-hydrogen) atoms. The summed E-state index contributed by atoms with van der Waals surface area (Å²) in [5.74, 6) is -0.0885. The first-order valence-electron chi connectivity index (χ1n) is 11.7. The topological polar surface area (TPSA) is 40.5 Å². The van der Waals surface area contributed by atoms with E-state index < -0.39 is 5.60 Å². The van der Waals surface area contributed by atoms with Crippen molar-refractivity contribution in [3.05, 3.63) is 64.7 Å². The first-order chi connectivity index (χ1) is 14.9. The number of aliphatic hydroxyl groups is 1. The highest BCUT2D eigenvalue weighted by atomic mass is 32.1. The summed E-state index contributed by atoms with van der Waals surface area (Å²) in [6, 6.07) is 12.1. The molecule has 2 heterocycles. The van der Waals surface area contributed by atoms with Crippen LogP contribution in [0, 0.1) is 12.3 Å². The normalized spacial score (nSPS) is 22.4. The van der Waals surface area contributed by atoms with E-state index in [0.717, 1.165) is 55.1 Å². The van der Waals surface area contributed by atoms with E-state index in [2.05, 4.69) is 37.3 Å². The summed E-state index contributed by atoms with van der Waals surface area (Å²) in [4.78, 5) is 15.8. The number of carbonyl (C=O) groups excluding carboxylic acids is 1. The summed E-state index contributed by atoms with van der Waals surface area (Å²) in [6.45, 7) is 2.41. The van der Waals surface area contributed by atoms with Crippen LogP contribution in [0.4, 0.5) is 0 Å². The highest BCUT2D eigenvalue weighted by Gasteiger charge is 2.49. The van der Waals surface area contributed by atoms with Crippen LogP contribution < -0.4 is 0 Å². The second-order valence-corrected chi connectivity index (χ2v) is 10.6. The van der Waals surface area contributed by atoms with E-state index in [1.165, 1.54) is 5.56 Å². The minimum absolute atomic E-state index is 0.00727. The number of benzene rings is 1. The molecule has 167 valence electrons. The highest BCUT2D eigenvalue weighted by Crippen LogP contribution is 2.42. The zero-order chi connectivity index (χ0) is 21.9. The van der Waals surface area contributed by atoms with Gasteiger partial charge in [-0.15, -0.1) is 0 Å². The van der Waals surface area contributed by atoms with Crippen LogP contribution in [0.3, 0.4) is 0 Å². The molecule has 1 saturated heterocycles. The van der Waals surface area contributed by atoms with Crippen LogP contribution in [0.2, 0.25) is 0 Å². The maximum Gasteiger partial charge on any atom is 0.259 e. The predicted octanol–water partition coefficient (Wildman–Crippen LogP) is 4.25. The maximum absolute atomic E-state index is 13.9. The predicted molar refractivity (Wildman–Crippen MR) is 127 cm³/mol. The molecular weight excluding hydrogens is 404 g/mol. The first kappa shape index (κ1) is 22.5. The molecule has 1 amide bonds. The Morgan fingerprint density at radius 3 is 2.61 bits per heavy atom. The molecule has 1 aromatic carbocycles. The van der Waals surface area contributed by atoms with Gasteiger partial charge in [0.25, 0.3) is 5.91 Å². The summed E-state index contributed by atoms with van der Waals surface area (Å²) in [7, 11) is 4.53. The fraction of sp³-hybridized carbons (Fsp3) is 0.538.